The van der Waals surface area contributed by atoms with Gasteiger partial charge in [0.15, 0.2) is 0 Å². The number of hydrogen-bond acceptors (Lipinski definition) is 3. The van der Waals surface area contributed by atoms with Gasteiger partial charge in [-0.25, -0.2) is 9.79 Å². The number of carbonyl (C=O) groups excluding carboxylic acids is 1. The summed E-state index contributed by atoms with van der Waals surface area (Å²) >= 11 is 0. The molecule has 0 bridgehead atoms. The highest BCUT2D eigenvalue weighted by atomic mass is 16.1. The summed E-state index contributed by atoms with van der Waals surface area (Å²) in [5.74, 6) is 0.783. The zero-order valence-corrected chi connectivity index (χ0v) is 8.78. The van der Waals surface area contributed by atoms with E-state index in [2.05, 4.69) is 23.0 Å². The molecule has 3 heteroatoms. The molecule has 0 aromatic rings. The van der Waals surface area contributed by atoms with Crippen molar-refractivity contribution in [2.75, 3.05) is 26.7 Å². The van der Waals surface area contributed by atoms with Crippen molar-refractivity contribution in [3.63, 3.8) is 0 Å². The smallest absolute Gasteiger partial charge is 0.235 e. The maximum absolute atomic E-state index is 9.78. The van der Waals surface area contributed by atoms with Gasteiger partial charge in [-0.2, -0.15) is 0 Å². The Labute approximate surface area is 85.5 Å². The molecule has 0 aromatic heterocycles. The standard InChI is InChI=1S/C11H18N2O/c1-13-8-4-6-11(9-13)5-2-3-7-12-10-14/h2-3,11H,4-9H2,1H3/b3-2-. The maximum atomic E-state index is 9.78. The number of isocyanates is 1. The lowest BCUT2D eigenvalue weighted by atomic mass is 9.95. The van der Waals surface area contributed by atoms with Crippen LogP contribution >= 0.6 is 0 Å². The van der Waals surface area contributed by atoms with Crippen LogP contribution in [0.4, 0.5) is 0 Å². The third-order valence-corrected chi connectivity index (χ3v) is 2.62. The van der Waals surface area contributed by atoms with Gasteiger partial charge in [0.25, 0.3) is 0 Å². The van der Waals surface area contributed by atoms with Crippen LogP contribution in [0.2, 0.25) is 0 Å². The first-order chi connectivity index (χ1) is 6.83. The fourth-order valence-corrected chi connectivity index (χ4v) is 1.92. The molecule has 0 aromatic carbocycles. The van der Waals surface area contributed by atoms with Crippen LogP contribution in [-0.4, -0.2) is 37.7 Å². The zero-order valence-electron chi connectivity index (χ0n) is 8.78. The predicted octanol–water partition coefficient (Wildman–Crippen LogP) is 1.61. The van der Waals surface area contributed by atoms with Gasteiger partial charge in [-0.1, -0.05) is 12.2 Å². The Hall–Kier alpha value is -0.920. The summed E-state index contributed by atoms with van der Waals surface area (Å²) in [4.78, 5) is 15.6. The van der Waals surface area contributed by atoms with Crippen LogP contribution < -0.4 is 0 Å². The van der Waals surface area contributed by atoms with Gasteiger partial charge in [0, 0.05) is 6.54 Å². The van der Waals surface area contributed by atoms with Gasteiger partial charge in [-0.3, -0.25) is 0 Å². The van der Waals surface area contributed by atoms with Crippen molar-refractivity contribution in [3.8, 4) is 0 Å². The fraction of sp³-hybridized carbons (Fsp3) is 0.727. The van der Waals surface area contributed by atoms with Crippen LogP contribution in [0, 0.1) is 5.92 Å². The van der Waals surface area contributed by atoms with Crippen molar-refractivity contribution in [1.82, 2.24) is 4.90 Å². The van der Waals surface area contributed by atoms with E-state index < -0.39 is 0 Å². The van der Waals surface area contributed by atoms with Crippen LogP contribution in [-0.2, 0) is 4.79 Å². The predicted molar refractivity (Wildman–Crippen MR) is 57.0 cm³/mol. The third kappa shape index (κ3) is 4.35. The van der Waals surface area contributed by atoms with E-state index in [-0.39, 0.29) is 0 Å². The van der Waals surface area contributed by atoms with Crippen LogP contribution in [0.1, 0.15) is 19.3 Å². The summed E-state index contributed by atoms with van der Waals surface area (Å²) < 4.78 is 0. The Balaban J connectivity index is 2.16. The van der Waals surface area contributed by atoms with Crippen molar-refractivity contribution < 1.29 is 4.79 Å². The Kier molecular flexibility index (Phi) is 5.20. The Morgan fingerprint density at radius 3 is 3.14 bits per heavy atom. The summed E-state index contributed by atoms with van der Waals surface area (Å²) in [5, 5.41) is 0. The van der Waals surface area contributed by atoms with Gasteiger partial charge in [0.1, 0.15) is 0 Å². The quantitative estimate of drug-likeness (QED) is 0.387. The van der Waals surface area contributed by atoms with Gasteiger partial charge in [0.05, 0.1) is 6.54 Å². The average Bonchev–Trinajstić information content (AvgIpc) is 2.18. The average molecular weight is 194 g/mol. The number of hydrogen-bond donors (Lipinski definition) is 0. The molecule has 1 saturated heterocycles. The van der Waals surface area contributed by atoms with E-state index in [1.54, 1.807) is 0 Å². The zero-order chi connectivity index (χ0) is 10.2. The first-order valence-corrected chi connectivity index (χ1v) is 5.20. The van der Waals surface area contributed by atoms with Crippen molar-refractivity contribution >= 4 is 6.08 Å². The highest BCUT2D eigenvalue weighted by Crippen LogP contribution is 2.18. The minimum atomic E-state index is 0.478. The summed E-state index contributed by atoms with van der Waals surface area (Å²) in [6, 6.07) is 0. The molecule has 1 heterocycles. The van der Waals surface area contributed by atoms with Gasteiger partial charge in [0.2, 0.25) is 6.08 Å². The first-order valence-electron chi connectivity index (χ1n) is 5.20. The summed E-state index contributed by atoms with van der Waals surface area (Å²) in [6.07, 6.45) is 9.34. The lowest BCUT2D eigenvalue weighted by molar-refractivity contribution is 0.211. The van der Waals surface area contributed by atoms with Crippen LogP contribution in [0.5, 0.6) is 0 Å². The monoisotopic (exact) mass is 194 g/mol. The molecule has 0 saturated carbocycles. The second kappa shape index (κ2) is 6.52. The minimum absolute atomic E-state index is 0.478. The molecule has 1 atom stereocenters. The number of allylic oxidation sites excluding steroid dienone is 1. The van der Waals surface area contributed by atoms with Crippen molar-refractivity contribution in [3.05, 3.63) is 12.2 Å². The van der Waals surface area contributed by atoms with Crippen LogP contribution in [0.25, 0.3) is 0 Å². The third-order valence-electron chi connectivity index (χ3n) is 2.62. The van der Waals surface area contributed by atoms with E-state index in [1.165, 1.54) is 32.0 Å². The molecule has 1 aliphatic rings. The Morgan fingerprint density at radius 1 is 1.57 bits per heavy atom. The molecule has 0 spiro atoms. The van der Waals surface area contributed by atoms with Gasteiger partial charge in [-0.05, 0) is 38.8 Å². The SMILES string of the molecule is CN1CCCC(C/C=C\CN=C=O)C1. The van der Waals surface area contributed by atoms with Crippen molar-refractivity contribution in [2.45, 2.75) is 19.3 Å². The number of rotatable bonds is 4. The fourth-order valence-electron chi connectivity index (χ4n) is 1.92. The maximum Gasteiger partial charge on any atom is 0.235 e. The molecule has 1 unspecified atom stereocenters. The normalized spacial score (nSPS) is 23.6. The number of likely N-dealkylation sites (tertiary alicyclic amines) is 1. The van der Waals surface area contributed by atoms with E-state index in [0.29, 0.717) is 6.54 Å². The molecule has 0 N–H and O–H groups in total. The molecule has 78 valence electrons. The lowest BCUT2D eigenvalue weighted by Gasteiger charge is -2.28. The molecule has 0 radical (unpaired) electrons. The molecule has 14 heavy (non-hydrogen) atoms. The number of nitrogens with zero attached hydrogens (tertiary/aromatic N) is 2. The molecule has 1 rings (SSSR count). The summed E-state index contributed by atoms with van der Waals surface area (Å²) in [7, 11) is 2.17. The number of aliphatic imine (C=N–C) groups is 1. The highest BCUT2D eigenvalue weighted by Gasteiger charge is 2.15. The summed E-state index contributed by atoms with van der Waals surface area (Å²) in [5.41, 5.74) is 0. The molecule has 0 aliphatic carbocycles. The summed E-state index contributed by atoms with van der Waals surface area (Å²) in [6.45, 7) is 2.91. The number of piperidine rings is 1. The van der Waals surface area contributed by atoms with Gasteiger partial charge in [-0.15, -0.1) is 0 Å². The molecule has 1 aliphatic heterocycles. The van der Waals surface area contributed by atoms with E-state index >= 15 is 0 Å². The second-order valence-electron chi connectivity index (χ2n) is 3.91. The second-order valence-corrected chi connectivity index (χ2v) is 3.91. The Bertz CT molecular complexity index is 231. The van der Waals surface area contributed by atoms with Crippen LogP contribution in [0.15, 0.2) is 17.1 Å². The topological polar surface area (TPSA) is 32.7 Å². The molecular formula is C11H18N2O. The van der Waals surface area contributed by atoms with E-state index in [9.17, 15) is 4.79 Å². The van der Waals surface area contributed by atoms with Crippen molar-refractivity contribution in [2.24, 2.45) is 10.9 Å². The molecule has 1 fully saturated rings. The first kappa shape index (κ1) is 11.2. The van der Waals surface area contributed by atoms with Crippen molar-refractivity contribution in [1.29, 1.82) is 0 Å². The molecule has 0 amide bonds. The van der Waals surface area contributed by atoms with E-state index in [4.69, 9.17) is 0 Å². The van der Waals surface area contributed by atoms with E-state index in [1.807, 2.05) is 6.08 Å². The molecule has 3 nitrogen and oxygen atoms in total. The molecular weight excluding hydrogens is 176 g/mol. The van der Waals surface area contributed by atoms with E-state index in [0.717, 1.165) is 12.3 Å². The van der Waals surface area contributed by atoms with Gasteiger partial charge >= 0.3 is 0 Å². The highest BCUT2D eigenvalue weighted by molar-refractivity contribution is 5.33. The largest absolute Gasteiger partial charge is 0.306 e. The lowest BCUT2D eigenvalue weighted by Crippen LogP contribution is -2.31. The van der Waals surface area contributed by atoms with Crippen LogP contribution in [0.3, 0.4) is 0 Å². The van der Waals surface area contributed by atoms with Gasteiger partial charge < -0.3 is 4.90 Å². The minimum Gasteiger partial charge on any atom is -0.306 e. The Morgan fingerprint density at radius 2 is 2.43 bits per heavy atom.